The van der Waals surface area contributed by atoms with Crippen molar-refractivity contribution in [1.82, 2.24) is 24.5 Å². The van der Waals surface area contributed by atoms with Gasteiger partial charge in [0.1, 0.15) is 0 Å². The number of ether oxygens (including phenoxy) is 1. The number of hydrogen-bond acceptors (Lipinski definition) is 5. The van der Waals surface area contributed by atoms with E-state index in [1.165, 1.54) is 0 Å². The van der Waals surface area contributed by atoms with E-state index in [1.807, 2.05) is 47.9 Å². The molecule has 0 radical (unpaired) electrons. The molecule has 0 unspecified atom stereocenters. The fraction of sp³-hybridized carbons (Fsp3) is 0.600. The summed E-state index contributed by atoms with van der Waals surface area (Å²) in [6, 6.07) is 1.99. The molecule has 1 aliphatic rings. The molecule has 0 saturated heterocycles. The van der Waals surface area contributed by atoms with Gasteiger partial charge >= 0.3 is 5.97 Å². The number of aromatic nitrogens is 4. The van der Waals surface area contributed by atoms with Crippen LogP contribution in [0.25, 0.3) is 0 Å². The van der Waals surface area contributed by atoms with Crippen molar-refractivity contribution in [3.05, 3.63) is 34.4 Å². The zero-order chi connectivity index (χ0) is 20.6. The van der Waals surface area contributed by atoms with Crippen molar-refractivity contribution in [3.63, 3.8) is 0 Å². The van der Waals surface area contributed by atoms with E-state index in [0.29, 0.717) is 31.0 Å². The van der Waals surface area contributed by atoms with Crippen molar-refractivity contribution in [3.8, 4) is 0 Å². The summed E-state index contributed by atoms with van der Waals surface area (Å²) >= 11 is 0. The number of aryl methyl sites for hydroxylation is 4. The van der Waals surface area contributed by atoms with Crippen LogP contribution >= 0.6 is 0 Å². The van der Waals surface area contributed by atoms with E-state index in [1.54, 1.807) is 14.3 Å². The SMILES string of the molecule is CCOC(=O)[C@H]1C[C@@H]1CN(Cc1cc(C)n(C)n1)C(=O)c1c(C)nn(C)c1C. The number of esters is 1. The monoisotopic (exact) mass is 387 g/mol. The summed E-state index contributed by atoms with van der Waals surface area (Å²) in [5, 5.41) is 8.87. The summed E-state index contributed by atoms with van der Waals surface area (Å²) in [7, 11) is 3.72. The maximum Gasteiger partial charge on any atom is 0.309 e. The lowest BCUT2D eigenvalue weighted by atomic mass is 10.1. The van der Waals surface area contributed by atoms with Gasteiger partial charge in [-0.3, -0.25) is 19.0 Å². The Morgan fingerprint density at radius 1 is 1.21 bits per heavy atom. The molecule has 0 aromatic carbocycles. The molecule has 1 amide bonds. The van der Waals surface area contributed by atoms with E-state index in [2.05, 4.69) is 10.2 Å². The minimum atomic E-state index is -0.165. The number of nitrogens with zero attached hydrogens (tertiary/aromatic N) is 5. The van der Waals surface area contributed by atoms with E-state index >= 15 is 0 Å². The van der Waals surface area contributed by atoms with Crippen molar-refractivity contribution in [2.45, 2.75) is 40.7 Å². The summed E-state index contributed by atoms with van der Waals surface area (Å²) in [6.45, 7) is 8.83. The Labute approximate surface area is 165 Å². The highest BCUT2D eigenvalue weighted by Crippen LogP contribution is 2.40. The predicted octanol–water partition coefficient (Wildman–Crippen LogP) is 1.92. The second kappa shape index (κ2) is 7.77. The molecule has 0 aliphatic heterocycles. The molecule has 3 rings (SSSR count). The van der Waals surface area contributed by atoms with E-state index in [9.17, 15) is 9.59 Å². The van der Waals surface area contributed by atoms with Gasteiger partial charge in [0.15, 0.2) is 0 Å². The average molecular weight is 387 g/mol. The minimum Gasteiger partial charge on any atom is -0.466 e. The average Bonchev–Trinajstić information content (AvgIpc) is 3.25. The molecule has 1 saturated carbocycles. The second-order valence-corrected chi connectivity index (χ2v) is 7.61. The molecule has 2 aromatic heterocycles. The minimum absolute atomic E-state index is 0.0686. The zero-order valence-electron chi connectivity index (χ0n) is 17.5. The smallest absolute Gasteiger partial charge is 0.309 e. The highest BCUT2D eigenvalue weighted by atomic mass is 16.5. The van der Waals surface area contributed by atoms with Crippen molar-refractivity contribution in [2.75, 3.05) is 13.2 Å². The first-order valence-corrected chi connectivity index (χ1v) is 9.68. The van der Waals surface area contributed by atoms with E-state index in [4.69, 9.17) is 4.74 Å². The molecule has 8 nitrogen and oxygen atoms in total. The quantitative estimate of drug-likeness (QED) is 0.678. The summed E-state index contributed by atoms with van der Waals surface area (Å²) in [4.78, 5) is 27.2. The summed E-state index contributed by atoms with van der Waals surface area (Å²) < 4.78 is 8.66. The first-order chi connectivity index (χ1) is 13.2. The van der Waals surface area contributed by atoms with Crippen LogP contribution in [0.4, 0.5) is 0 Å². The topological polar surface area (TPSA) is 82.2 Å². The van der Waals surface area contributed by atoms with Gasteiger partial charge in [-0.25, -0.2) is 0 Å². The maximum absolute atomic E-state index is 13.4. The van der Waals surface area contributed by atoms with Gasteiger partial charge in [0, 0.05) is 32.0 Å². The number of carbonyl (C=O) groups excluding carboxylic acids is 2. The molecule has 28 heavy (non-hydrogen) atoms. The lowest BCUT2D eigenvalue weighted by Gasteiger charge is -2.22. The van der Waals surface area contributed by atoms with Gasteiger partial charge in [0.05, 0.1) is 36.0 Å². The van der Waals surface area contributed by atoms with Crippen LogP contribution in [0.3, 0.4) is 0 Å². The largest absolute Gasteiger partial charge is 0.466 e. The Kier molecular flexibility index (Phi) is 5.58. The Bertz CT molecular complexity index is 879. The van der Waals surface area contributed by atoms with Crippen LogP contribution in [-0.2, 0) is 30.2 Å². The van der Waals surface area contributed by atoms with E-state index in [-0.39, 0.29) is 23.7 Å². The van der Waals surface area contributed by atoms with Crippen LogP contribution in [-0.4, -0.2) is 49.5 Å². The lowest BCUT2D eigenvalue weighted by Crippen LogP contribution is -2.34. The van der Waals surface area contributed by atoms with Crippen LogP contribution in [0.15, 0.2) is 6.07 Å². The highest BCUT2D eigenvalue weighted by Gasteiger charge is 2.45. The molecule has 2 aromatic rings. The third-order valence-electron chi connectivity index (χ3n) is 5.49. The number of amides is 1. The Morgan fingerprint density at radius 2 is 1.93 bits per heavy atom. The second-order valence-electron chi connectivity index (χ2n) is 7.61. The molecule has 1 fully saturated rings. The molecule has 152 valence electrons. The van der Waals surface area contributed by atoms with Crippen molar-refractivity contribution < 1.29 is 14.3 Å². The third-order valence-corrected chi connectivity index (χ3v) is 5.49. The number of hydrogen-bond donors (Lipinski definition) is 0. The molecular formula is C20H29N5O3. The fourth-order valence-electron chi connectivity index (χ4n) is 3.64. The predicted molar refractivity (Wildman–Crippen MR) is 104 cm³/mol. The number of carbonyl (C=O) groups is 2. The van der Waals surface area contributed by atoms with Gasteiger partial charge in [0.2, 0.25) is 0 Å². The molecular weight excluding hydrogens is 358 g/mol. The van der Waals surface area contributed by atoms with Crippen molar-refractivity contribution in [1.29, 1.82) is 0 Å². The Morgan fingerprint density at radius 3 is 2.46 bits per heavy atom. The van der Waals surface area contributed by atoms with Crippen LogP contribution in [0.5, 0.6) is 0 Å². The molecule has 0 spiro atoms. The first-order valence-electron chi connectivity index (χ1n) is 9.68. The van der Waals surface area contributed by atoms with Gasteiger partial charge in [0.25, 0.3) is 5.91 Å². The highest BCUT2D eigenvalue weighted by molar-refractivity contribution is 5.96. The third kappa shape index (κ3) is 3.95. The van der Waals surface area contributed by atoms with Gasteiger partial charge in [-0.1, -0.05) is 0 Å². The normalized spacial score (nSPS) is 18.2. The molecule has 8 heteroatoms. The summed E-state index contributed by atoms with van der Waals surface area (Å²) in [6.07, 6.45) is 0.759. The van der Waals surface area contributed by atoms with Crippen LogP contribution in [0.2, 0.25) is 0 Å². The van der Waals surface area contributed by atoms with Crippen LogP contribution in [0, 0.1) is 32.6 Å². The summed E-state index contributed by atoms with van der Waals surface area (Å²) in [5.41, 5.74) is 4.05. The van der Waals surface area contributed by atoms with Gasteiger partial charge in [-0.05, 0) is 46.1 Å². The molecule has 2 heterocycles. The molecule has 0 bridgehead atoms. The van der Waals surface area contributed by atoms with E-state index < -0.39 is 0 Å². The Hall–Kier alpha value is -2.64. The van der Waals surface area contributed by atoms with Gasteiger partial charge in [-0.15, -0.1) is 0 Å². The summed E-state index contributed by atoms with van der Waals surface area (Å²) in [5.74, 6) is -0.217. The standard InChI is InChI=1S/C20H29N5O3/c1-7-28-20(27)17-9-15(17)10-25(11-16-8-12(2)23(5)22-16)19(26)18-13(3)21-24(6)14(18)4/h8,15,17H,7,9-11H2,1-6H3/t15-,17+/m1/s1. The first kappa shape index (κ1) is 20.1. The fourth-order valence-corrected chi connectivity index (χ4v) is 3.64. The molecule has 2 atom stereocenters. The van der Waals surface area contributed by atoms with Gasteiger partial charge in [-0.2, -0.15) is 10.2 Å². The van der Waals surface area contributed by atoms with Crippen molar-refractivity contribution >= 4 is 11.9 Å². The molecule has 0 N–H and O–H groups in total. The lowest BCUT2D eigenvalue weighted by molar-refractivity contribution is -0.145. The Balaban J connectivity index is 1.82. The zero-order valence-corrected chi connectivity index (χ0v) is 17.5. The number of rotatable bonds is 7. The van der Waals surface area contributed by atoms with Crippen molar-refractivity contribution in [2.24, 2.45) is 25.9 Å². The molecule has 1 aliphatic carbocycles. The van der Waals surface area contributed by atoms with Crippen LogP contribution < -0.4 is 0 Å². The maximum atomic E-state index is 13.4. The van der Waals surface area contributed by atoms with Crippen LogP contribution in [0.1, 0.15) is 46.5 Å². The van der Waals surface area contributed by atoms with E-state index in [0.717, 1.165) is 23.5 Å². The van der Waals surface area contributed by atoms with Gasteiger partial charge < -0.3 is 9.64 Å².